The predicted octanol–water partition coefficient (Wildman–Crippen LogP) is -3.18. The lowest BCUT2D eigenvalue weighted by Gasteiger charge is -2.24. The summed E-state index contributed by atoms with van der Waals surface area (Å²) in [6.07, 6.45) is 6.45. The van der Waals surface area contributed by atoms with Crippen molar-refractivity contribution in [3.63, 3.8) is 0 Å². The number of ether oxygens (including phenoxy) is 4. The van der Waals surface area contributed by atoms with E-state index in [0.29, 0.717) is 72.3 Å². The number of Topliss-reactive ketones (excluding diaryl/α,β-unsaturated/α-hetero) is 1. The van der Waals surface area contributed by atoms with Crippen LogP contribution in [-0.2, 0) is 61.6 Å². The quantitative estimate of drug-likeness (QED) is 0.0840. The molecule has 0 aromatic carbocycles. The molecule has 12 rings (SSSR count). The van der Waals surface area contributed by atoms with Gasteiger partial charge in [0.25, 0.3) is 0 Å². The molecule has 39 nitrogen and oxygen atoms in total. The molecule has 87 heavy (non-hydrogen) atoms. The van der Waals surface area contributed by atoms with Crippen LogP contribution in [0, 0.1) is 0 Å². The van der Waals surface area contributed by atoms with Gasteiger partial charge in [-0.05, 0) is 25.7 Å². The average Bonchev–Trinajstić information content (AvgIpc) is 4.61. The van der Waals surface area contributed by atoms with E-state index in [2.05, 4.69) is 29.2 Å². The third kappa shape index (κ3) is 50.7. The molecule has 12 heterocycles. The van der Waals surface area contributed by atoms with Gasteiger partial charge in [0.2, 0.25) is 5.91 Å². The van der Waals surface area contributed by atoms with Gasteiger partial charge >= 0.3 is 19.5 Å². The Morgan fingerprint density at radius 2 is 0.897 bits per heavy atom. The Bertz CT molecular complexity index is 1790. The first-order valence-electron chi connectivity index (χ1n) is 28.1. The van der Waals surface area contributed by atoms with Crippen LogP contribution in [0.1, 0.15) is 38.5 Å². The summed E-state index contributed by atoms with van der Waals surface area (Å²) in [4.78, 5) is 40.7. The number of piperidine rings is 1. The van der Waals surface area contributed by atoms with Gasteiger partial charge in [0.05, 0.1) is 51.1 Å². The van der Waals surface area contributed by atoms with Gasteiger partial charge in [-0.2, -0.15) is 62.4 Å². The number of esters is 2. The van der Waals surface area contributed by atoms with Crippen molar-refractivity contribution in [1.29, 1.82) is 0 Å². The highest BCUT2D eigenvalue weighted by molar-refractivity contribution is 7.99. The fourth-order valence-corrected chi connectivity index (χ4v) is 9.69. The molecule has 1 amide bonds. The van der Waals surface area contributed by atoms with Crippen LogP contribution in [0.3, 0.4) is 0 Å². The second-order valence-corrected chi connectivity index (χ2v) is 25.3. The Morgan fingerprint density at radius 3 is 1.15 bits per heavy atom. The summed E-state index contributed by atoms with van der Waals surface area (Å²) in [5.41, 5.74) is 0. The van der Waals surface area contributed by atoms with Crippen LogP contribution >= 0.6 is 19.4 Å². The van der Waals surface area contributed by atoms with Gasteiger partial charge in [-0.15, -0.1) is 10.1 Å². The molecule has 0 aliphatic carbocycles. The number of nitrogens with one attached hydrogen (secondary N) is 2. The molecular formula is C45H97N14O25PS2. The molecule has 12 aliphatic rings. The van der Waals surface area contributed by atoms with Crippen LogP contribution in [0.25, 0.3) is 0 Å². The highest BCUT2D eigenvalue weighted by atomic mass is 32.2. The number of carbonyl (C=O) groups excluding carboxylic acids is 4. The zero-order valence-corrected chi connectivity index (χ0v) is 52.1. The lowest BCUT2D eigenvalue weighted by molar-refractivity contribution is -0.194. The number of amides is 1. The Labute approximate surface area is 511 Å². The summed E-state index contributed by atoms with van der Waals surface area (Å²) in [5.74, 6) is 1.60. The van der Waals surface area contributed by atoms with Crippen LogP contribution in [0.15, 0.2) is 0 Å². The Morgan fingerprint density at radius 1 is 0.437 bits per heavy atom. The van der Waals surface area contributed by atoms with Crippen molar-refractivity contribution < 1.29 is 123 Å². The monoisotopic (exact) mass is 1330 g/mol. The highest BCUT2D eigenvalue weighted by Crippen LogP contribution is 2.45. The molecule has 0 spiro atoms. The molecular weight excluding hydrogens is 1230 g/mol. The van der Waals surface area contributed by atoms with Crippen molar-refractivity contribution in [2.75, 3.05) is 227 Å². The summed E-state index contributed by atoms with van der Waals surface area (Å²) < 4.78 is 59.8. The number of cyclic esters (lactones) is 2. The molecule has 0 bridgehead atoms. The van der Waals surface area contributed by atoms with Crippen LogP contribution in [0.2, 0.25) is 0 Å². The Kier molecular flexibility index (Phi) is 47.5. The van der Waals surface area contributed by atoms with Crippen molar-refractivity contribution in [3.8, 4) is 0 Å². The van der Waals surface area contributed by atoms with E-state index >= 15 is 0 Å². The number of piperazine rings is 1. The topological polar surface area (TPSA) is 481 Å². The number of thioether (sulfide) groups is 1. The predicted molar refractivity (Wildman–Crippen MR) is 300 cm³/mol. The van der Waals surface area contributed by atoms with E-state index in [1.807, 2.05) is 11.8 Å². The molecule has 0 atom stereocenters. The summed E-state index contributed by atoms with van der Waals surface area (Å²) in [5, 5.41) is 122. The zero-order valence-electron chi connectivity index (χ0n) is 49.6. The van der Waals surface area contributed by atoms with Crippen molar-refractivity contribution in [3.05, 3.63) is 0 Å². The second kappa shape index (κ2) is 50.1. The smallest absolute Gasteiger partial charge is 0.330 e. The van der Waals surface area contributed by atoms with Gasteiger partial charge in [-0.3, -0.25) is 32.8 Å². The van der Waals surface area contributed by atoms with E-state index in [-0.39, 0.29) is 101 Å². The molecule has 12 aliphatic heterocycles. The number of hydroxylamine groups is 24. The van der Waals surface area contributed by atoms with E-state index in [4.69, 9.17) is 72.0 Å². The number of nitrogens with zero attached hydrogens (tertiary/aromatic N) is 12. The molecule has 0 radical (unpaired) electrons. The summed E-state index contributed by atoms with van der Waals surface area (Å²) in [6, 6.07) is 0. The van der Waals surface area contributed by atoms with E-state index in [1.165, 1.54) is 38.4 Å². The number of hydrogen-bond donors (Lipinski definition) is 14. The number of carbonyl (C=O) groups is 4. The standard InChI is InChI=1S/C5H11NO.C4H10N2O.C4H9NO3S.C4H7NO3.C4H9NO2.C4H7NO2.C4H9NOS.C4H9NO.C3H6N2O2.C3H8NO4P.C3H5NO3.C3H7NO2/c7-6-4-2-1-3-5-6;7-6-3-1-5-2-4-6;6-5-1-3-9(7,8)4-2-5;6-4-3-5(7)1-2-8-4;6-5-1-3-7-4-2-5;6-4-1-2-5(7)3-4;6-5-1-3-7-4-2-5;6-5-3-1-2-4-5;6-3-1-5(7)2-4-3;1-9(6)7-2-4(5)3-8-9;5-3-1-4(6)2-7-3;5-4-1-2-6-3-4/h7H,1-5H2;5,7H,1-4H2;6H,1-4H2;7H,1-3H2;6H,1-4H2;7H,1-3H2;6H,1-4H2;6H,1-4H2;7H,1-2H2,(H,4,6);5H,2-3H2,1H3;6H,1-2H2;5H,1-3H2. The van der Waals surface area contributed by atoms with Gasteiger partial charge < -0.3 is 92.1 Å². The van der Waals surface area contributed by atoms with Crippen LogP contribution in [0.5, 0.6) is 0 Å². The SMILES string of the molecule is CP1(=O)OCN(O)CO1.O=C1CCN(O)C1.O=C1CN(O)CCO1.O=C1CN(O)CN1.O=C1CN(O)CO1.O=S1(=O)CCN(O)CC1.ON1CCCC1.ON1CCCCC1.ON1CCNCC1.ON1CCOC1.ON1CCOCC1.ON1CCSCC1. The fraction of sp³-hybridized carbons (Fsp3) is 0.911. The normalized spacial score (nSPS) is 25.2. The van der Waals surface area contributed by atoms with E-state index in [1.54, 1.807) is 0 Å². The number of rotatable bonds is 0. The summed E-state index contributed by atoms with van der Waals surface area (Å²) in [6.45, 7) is 16.5. The van der Waals surface area contributed by atoms with Gasteiger partial charge in [-0.1, -0.05) is 6.42 Å². The minimum Gasteiger partial charge on any atom is -0.463 e. The largest absolute Gasteiger partial charge is 0.463 e. The Balaban J connectivity index is 0.000000475. The van der Waals surface area contributed by atoms with Crippen molar-refractivity contribution >= 4 is 52.8 Å². The van der Waals surface area contributed by atoms with E-state index < -0.39 is 17.4 Å². The number of morpholine rings is 2. The molecule has 42 heteroatoms. The molecule has 12 fully saturated rings. The van der Waals surface area contributed by atoms with Crippen LogP contribution in [0.4, 0.5) is 0 Å². The molecule has 0 saturated carbocycles. The van der Waals surface area contributed by atoms with Crippen molar-refractivity contribution in [1.82, 2.24) is 71.4 Å². The van der Waals surface area contributed by atoms with E-state index in [9.17, 15) is 32.2 Å². The lowest BCUT2D eigenvalue weighted by Crippen LogP contribution is -2.41. The summed E-state index contributed by atoms with van der Waals surface area (Å²) >= 11 is 1.90. The number of hydrogen-bond acceptors (Lipinski definition) is 39. The van der Waals surface area contributed by atoms with Gasteiger partial charge in [0.1, 0.15) is 46.4 Å². The minimum atomic E-state index is -2.83. The lowest BCUT2D eigenvalue weighted by atomic mass is 10.2. The number of sulfone groups is 1. The molecule has 14 N–H and O–H groups in total. The third-order valence-electron chi connectivity index (χ3n) is 11.8. The molecule has 0 aromatic heterocycles. The highest BCUT2D eigenvalue weighted by Gasteiger charge is 2.25. The van der Waals surface area contributed by atoms with Crippen molar-refractivity contribution in [2.24, 2.45) is 0 Å². The van der Waals surface area contributed by atoms with E-state index in [0.717, 1.165) is 138 Å². The zero-order chi connectivity index (χ0) is 64.9. The fourth-order valence-electron chi connectivity index (χ4n) is 6.86. The maximum Gasteiger partial charge on any atom is 0.330 e. The third-order valence-corrected chi connectivity index (χ3v) is 15.5. The first-order chi connectivity index (χ1) is 41.2. The number of ketones is 1. The van der Waals surface area contributed by atoms with Crippen LogP contribution in [-0.4, -0.2) is 382 Å². The first kappa shape index (κ1) is 82.5. The van der Waals surface area contributed by atoms with Crippen molar-refractivity contribution in [2.45, 2.75) is 38.5 Å². The molecule has 12 saturated heterocycles. The molecule has 514 valence electrons. The molecule has 0 aromatic rings. The van der Waals surface area contributed by atoms with Gasteiger partial charge in [-0.25, -0.2) is 8.42 Å². The maximum atomic E-state index is 10.8. The maximum absolute atomic E-state index is 10.8. The average molecular weight is 1330 g/mol. The second-order valence-electron chi connectivity index (χ2n) is 19.7. The van der Waals surface area contributed by atoms with Crippen LogP contribution < -0.4 is 10.6 Å². The molecule has 0 unspecified atom stereocenters. The Hall–Kier alpha value is -2.55. The minimum absolute atomic E-state index is 0. The van der Waals surface area contributed by atoms with Gasteiger partial charge in [0, 0.05) is 129 Å². The first-order valence-corrected chi connectivity index (χ1v) is 33.1. The van der Waals surface area contributed by atoms with Gasteiger partial charge in [0.15, 0.2) is 22.4 Å². The summed E-state index contributed by atoms with van der Waals surface area (Å²) in [7, 11) is -5.64.